The maximum absolute atomic E-state index is 11.8. The zero-order chi connectivity index (χ0) is 36.5. The van der Waals surface area contributed by atoms with Gasteiger partial charge in [-0.15, -0.1) is 0 Å². The Morgan fingerprint density at radius 1 is 0.942 bits per heavy atom. The van der Waals surface area contributed by atoms with Gasteiger partial charge in [-0.05, 0) is 35.9 Å². The first-order chi connectivity index (χ1) is 25.1. The number of aromatic hydroxyl groups is 1. The molecule has 0 amide bonds. The monoisotopic (exact) mass is 727 g/mol. The van der Waals surface area contributed by atoms with E-state index in [0.717, 1.165) is 11.1 Å². The standard InChI is InChI=1S/C35H37NO16/c36-4-5-44-35-34(32(43)31(42)27(50-35)15-46-29(41)12-28(39)40)52-51-22-10-20-23(8-17(22)6-16-2-1-3-18(38)7-16)45-14-21-19-9-25-26(48-30(13-37)47-25)11-24(19)49-33(20)21/h1-3,7-11,21,27,30-35,37-38,42-43H,4-6,12-15,36H2,(H,39,40)/t21-,27-,30-,31-,32+,33+,34+,35-/m1/s1. The van der Waals surface area contributed by atoms with Crippen LogP contribution in [0.25, 0.3) is 0 Å². The van der Waals surface area contributed by atoms with Gasteiger partial charge in [-0.3, -0.25) is 9.59 Å². The molecule has 1 saturated heterocycles. The minimum atomic E-state index is -1.69. The van der Waals surface area contributed by atoms with E-state index in [2.05, 4.69) is 0 Å². The fraction of sp³-hybridized carbons (Fsp3) is 0.429. The average molecular weight is 728 g/mol. The minimum Gasteiger partial charge on any atom is -0.508 e. The topological polar surface area (TPSA) is 244 Å². The van der Waals surface area contributed by atoms with Crippen LogP contribution < -0.4 is 29.6 Å². The molecule has 0 bridgehead atoms. The van der Waals surface area contributed by atoms with Gasteiger partial charge in [-0.25, -0.2) is 0 Å². The molecule has 0 unspecified atom stereocenters. The zero-order valence-electron chi connectivity index (χ0n) is 27.5. The first-order valence-corrected chi connectivity index (χ1v) is 16.5. The van der Waals surface area contributed by atoms with Crippen molar-refractivity contribution in [2.45, 2.75) is 61.9 Å². The number of hydrogen-bond acceptors (Lipinski definition) is 16. The molecule has 4 aliphatic rings. The van der Waals surface area contributed by atoms with Crippen LogP contribution in [0.3, 0.4) is 0 Å². The fourth-order valence-corrected chi connectivity index (χ4v) is 6.52. The highest BCUT2D eigenvalue weighted by molar-refractivity contribution is 5.90. The SMILES string of the molecule is NCCO[C@@H]1O[C@H](COC(=O)CC(=O)O)[C@@H](O)[C@H](O)[C@@H]1OOc1cc2c(cc1Cc1cccc(O)c1)OC[C@@H]1c3cc4c(cc3O[C@@H]21)O[C@H](CO)O4. The number of nitrogens with two attached hydrogens (primary N) is 1. The molecular formula is C35H37NO16. The Bertz CT molecular complexity index is 1800. The highest BCUT2D eigenvalue weighted by Crippen LogP contribution is 2.55. The van der Waals surface area contributed by atoms with Crippen molar-refractivity contribution in [2.24, 2.45) is 5.73 Å². The van der Waals surface area contributed by atoms with E-state index in [9.17, 15) is 30.0 Å². The van der Waals surface area contributed by atoms with Crippen LogP contribution in [0.2, 0.25) is 0 Å². The van der Waals surface area contributed by atoms with Crippen LogP contribution in [0.5, 0.6) is 34.5 Å². The Hall–Kier alpha value is -4.88. The molecule has 1 fully saturated rings. The van der Waals surface area contributed by atoms with E-state index >= 15 is 0 Å². The quantitative estimate of drug-likeness (QED) is 0.0617. The summed E-state index contributed by atoms with van der Waals surface area (Å²) in [5.74, 6) is -0.432. The molecule has 3 aromatic rings. The number of carboxylic acids is 1. The molecule has 7 rings (SSSR count). The molecule has 3 aromatic carbocycles. The van der Waals surface area contributed by atoms with Crippen molar-refractivity contribution < 1.29 is 78.1 Å². The maximum atomic E-state index is 11.8. The number of carboxylic acid groups (broad SMARTS) is 1. The average Bonchev–Trinajstić information content (AvgIpc) is 3.70. The highest BCUT2D eigenvalue weighted by atomic mass is 17.2. The highest BCUT2D eigenvalue weighted by Gasteiger charge is 2.48. The number of phenols is 1. The first-order valence-electron chi connectivity index (χ1n) is 16.5. The number of hydrogen-bond donors (Lipinski definition) is 6. The van der Waals surface area contributed by atoms with Crippen LogP contribution in [0.1, 0.15) is 40.7 Å². The van der Waals surface area contributed by atoms with E-state index in [-0.39, 0.29) is 50.2 Å². The van der Waals surface area contributed by atoms with E-state index < -0.39 is 68.1 Å². The second-order valence-electron chi connectivity index (χ2n) is 12.6. The number of fused-ring (bicyclic) bond motifs is 6. The second kappa shape index (κ2) is 15.0. The minimum absolute atomic E-state index is 0.0427. The van der Waals surface area contributed by atoms with Gasteiger partial charge in [-0.1, -0.05) is 12.1 Å². The first kappa shape index (κ1) is 35.5. The molecule has 7 N–H and O–H groups in total. The lowest BCUT2D eigenvalue weighted by Gasteiger charge is -2.41. The summed E-state index contributed by atoms with van der Waals surface area (Å²) in [6.07, 6.45) is -9.43. The van der Waals surface area contributed by atoms with Crippen molar-refractivity contribution in [3.63, 3.8) is 0 Å². The molecule has 0 aromatic heterocycles. The van der Waals surface area contributed by atoms with Gasteiger partial charge < -0.3 is 69.3 Å². The van der Waals surface area contributed by atoms with Crippen molar-refractivity contribution in [3.8, 4) is 34.5 Å². The third-order valence-electron chi connectivity index (χ3n) is 8.98. The van der Waals surface area contributed by atoms with E-state index in [1.54, 1.807) is 36.4 Å². The smallest absolute Gasteiger partial charge is 0.317 e. The van der Waals surface area contributed by atoms with Crippen molar-refractivity contribution in [2.75, 3.05) is 33.0 Å². The Balaban J connectivity index is 1.15. The molecule has 52 heavy (non-hydrogen) atoms. The Morgan fingerprint density at radius 3 is 2.50 bits per heavy atom. The molecule has 278 valence electrons. The molecule has 17 heteroatoms. The molecule has 4 heterocycles. The van der Waals surface area contributed by atoms with Crippen LogP contribution in [-0.2, 0) is 35.1 Å². The van der Waals surface area contributed by atoms with Crippen molar-refractivity contribution in [3.05, 3.63) is 70.8 Å². The van der Waals surface area contributed by atoms with Gasteiger partial charge in [0.2, 0.25) is 0 Å². The third-order valence-corrected chi connectivity index (χ3v) is 8.98. The summed E-state index contributed by atoms with van der Waals surface area (Å²) >= 11 is 0. The van der Waals surface area contributed by atoms with Gasteiger partial charge in [0.25, 0.3) is 6.29 Å². The molecule has 0 saturated carbocycles. The number of ether oxygens (including phenoxy) is 7. The fourth-order valence-electron chi connectivity index (χ4n) is 6.52. The lowest BCUT2D eigenvalue weighted by atomic mass is 9.88. The van der Waals surface area contributed by atoms with E-state index in [1.807, 2.05) is 12.1 Å². The van der Waals surface area contributed by atoms with Crippen LogP contribution in [-0.4, -0.2) is 107 Å². The summed E-state index contributed by atoms with van der Waals surface area (Å²) in [6.45, 7) is -0.581. The molecule has 0 aliphatic carbocycles. The predicted molar refractivity (Wildman–Crippen MR) is 172 cm³/mol. The molecule has 8 atom stereocenters. The number of phenolic OH excluding ortho intramolecular Hbond substituents is 1. The van der Waals surface area contributed by atoms with Crippen molar-refractivity contribution in [1.29, 1.82) is 0 Å². The van der Waals surface area contributed by atoms with E-state index in [4.69, 9.17) is 53.8 Å². The number of carbonyl (C=O) groups is 2. The van der Waals surface area contributed by atoms with Crippen LogP contribution in [0.15, 0.2) is 48.5 Å². The van der Waals surface area contributed by atoms with Crippen LogP contribution >= 0.6 is 0 Å². The van der Waals surface area contributed by atoms with E-state index in [1.165, 1.54) is 0 Å². The third kappa shape index (κ3) is 7.24. The van der Waals surface area contributed by atoms with E-state index in [0.29, 0.717) is 34.1 Å². The number of aliphatic hydroxyl groups is 3. The summed E-state index contributed by atoms with van der Waals surface area (Å²) in [5, 5.41) is 50.4. The van der Waals surface area contributed by atoms with Gasteiger partial charge in [-0.2, -0.15) is 4.89 Å². The van der Waals surface area contributed by atoms with Gasteiger partial charge >= 0.3 is 11.9 Å². The van der Waals surface area contributed by atoms with Crippen LogP contribution in [0, 0.1) is 0 Å². The molecule has 4 aliphatic heterocycles. The summed E-state index contributed by atoms with van der Waals surface area (Å²) < 4.78 is 40.3. The number of carbonyl (C=O) groups excluding carboxylic acids is 1. The molecule has 0 spiro atoms. The Labute approximate surface area is 295 Å². The Morgan fingerprint density at radius 2 is 1.75 bits per heavy atom. The number of aliphatic hydroxyl groups excluding tert-OH is 3. The van der Waals surface area contributed by atoms with Gasteiger partial charge in [0.15, 0.2) is 29.6 Å². The summed E-state index contributed by atoms with van der Waals surface area (Å²) in [7, 11) is 0. The number of aliphatic carboxylic acids is 1. The van der Waals surface area contributed by atoms with Gasteiger partial charge in [0.05, 0.1) is 19.1 Å². The predicted octanol–water partition coefficient (Wildman–Crippen LogP) is 0.801. The Kier molecular flexibility index (Phi) is 10.2. The van der Waals surface area contributed by atoms with Crippen molar-refractivity contribution in [1.82, 2.24) is 0 Å². The lowest BCUT2D eigenvalue weighted by Crippen LogP contribution is -2.60. The largest absolute Gasteiger partial charge is 0.508 e. The number of benzene rings is 3. The number of esters is 1. The molecule has 0 radical (unpaired) electrons. The molecule has 17 nitrogen and oxygen atoms in total. The van der Waals surface area contributed by atoms with Gasteiger partial charge in [0, 0.05) is 35.7 Å². The lowest BCUT2D eigenvalue weighted by molar-refractivity contribution is -0.372. The van der Waals surface area contributed by atoms with Crippen LogP contribution in [0.4, 0.5) is 0 Å². The second-order valence-corrected chi connectivity index (χ2v) is 12.6. The molecular weight excluding hydrogens is 690 g/mol. The number of rotatable bonds is 13. The normalized spacial score (nSPS) is 26.7. The van der Waals surface area contributed by atoms with Crippen molar-refractivity contribution >= 4 is 11.9 Å². The summed E-state index contributed by atoms with van der Waals surface area (Å²) in [5.41, 5.74) is 8.39. The maximum Gasteiger partial charge on any atom is 0.317 e. The summed E-state index contributed by atoms with van der Waals surface area (Å²) in [6, 6.07) is 13.6. The van der Waals surface area contributed by atoms with Gasteiger partial charge in [0.1, 0.15) is 61.3 Å². The summed E-state index contributed by atoms with van der Waals surface area (Å²) in [4.78, 5) is 34.3. The zero-order valence-corrected chi connectivity index (χ0v) is 27.5.